The lowest BCUT2D eigenvalue weighted by Gasteiger charge is -2.33. The van der Waals surface area contributed by atoms with Crippen LogP contribution in [0.25, 0.3) is 0 Å². The fourth-order valence-electron chi connectivity index (χ4n) is 3.97. The number of nitrogens with one attached hydrogen (secondary N) is 1. The molecule has 0 aliphatic rings. The molecule has 3 aromatic carbocycles. The zero-order valence-corrected chi connectivity index (χ0v) is 22.1. The summed E-state index contributed by atoms with van der Waals surface area (Å²) in [4.78, 5) is 28.3. The molecule has 3 rings (SSSR count). The topological polar surface area (TPSA) is 96.0 Å². The molecule has 0 saturated heterocycles. The number of rotatable bonds is 12. The number of likely N-dealkylation sites (N-methyl/N-ethyl adjacent to an activating group) is 1. The van der Waals surface area contributed by atoms with Gasteiger partial charge in [0.2, 0.25) is 21.8 Å². The van der Waals surface area contributed by atoms with Gasteiger partial charge in [-0.25, -0.2) is 8.42 Å². The van der Waals surface area contributed by atoms with E-state index in [0.29, 0.717) is 5.75 Å². The predicted octanol–water partition coefficient (Wildman–Crippen LogP) is 2.84. The molecule has 0 aliphatic heterocycles. The van der Waals surface area contributed by atoms with Crippen LogP contribution in [0.4, 0.5) is 0 Å². The fraction of sp³-hybridized carbons (Fsp3) is 0.286. The molecule has 3 aromatic rings. The Morgan fingerprint density at radius 3 is 1.89 bits per heavy atom. The lowest BCUT2D eigenvalue weighted by molar-refractivity contribution is -0.141. The van der Waals surface area contributed by atoms with E-state index < -0.39 is 28.5 Å². The van der Waals surface area contributed by atoms with Crippen LogP contribution >= 0.6 is 0 Å². The highest BCUT2D eigenvalue weighted by Gasteiger charge is 2.32. The van der Waals surface area contributed by atoms with Crippen LogP contribution in [0.1, 0.15) is 16.7 Å². The van der Waals surface area contributed by atoms with E-state index in [1.54, 1.807) is 31.4 Å². The van der Waals surface area contributed by atoms with Gasteiger partial charge in [-0.2, -0.15) is 4.31 Å². The van der Waals surface area contributed by atoms with Crippen molar-refractivity contribution in [2.45, 2.75) is 25.6 Å². The molecule has 0 aromatic heterocycles. The highest BCUT2D eigenvalue weighted by atomic mass is 32.2. The Bertz CT molecular complexity index is 1270. The van der Waals surface area contributed by atoms with Crippen LogP contribution in [0, 0.1) is 0 Å². The van der Waals surface area contributed by atoms with Crippen molar-refractivity contribution >= 4 is 21.8 Å². The monoisotopic (exact) mass is 523 g/mol. The summed E-state index contributed by atoms with van der Waals surface area (Å²) < 4.78 is 31.6. The first-order valence-corrected chi connectivity index (χ1v) is 13.7. The van der Waals surface area contributed by atoms with E-state index in [4.69, 9.17) is 4.74 Å². The lowest BCUT2D eigenvalue weighted by atomic mass is 10.0. The lowest BCUT2D eigenvalue weighted by Crippen LogP contribution is -2.52. The number of methoxy groups -OCH3 is 1. The third-order valence-corrected chi connectivity index (χ3v) is 7.21. The number of ether oxygens (including phenoxy) is 1. The maximum absolute atomic E-state index is 13.8. The van der Waals surface area contributed by atoms with Crippen molar-refractivity contribution in [1.82, 2.24) is 14.5 Å². The Hall–Kier alpha value is -3.69. The van der Waals surface area contributed by atoms with Crippen molar-refractivity contribution in [2.24, 2.45) is 0 Å². The molecule has 0 heterocycles. The van der Waals surface area contributed by atoms with Gasteiger partial charge in [0, 0.05) is 26.6 Å². The summed E-state index contributed by atoms with van der Waals surface area (Å²) in [5, 5.41) is 2.66. The zero-order valence-electron chi connectivity index (χ0n) is 21.3. The van der Waals surface area contributed by atoms with Gasteiger partial charge < -0.3 is 15.0 Å². The number of carbonyl (C=O) groups excluding carboxylic acids is 2. The maximum Gasteiger partial charge on any atom is 0.242 e. The predicted molar refractivity (Wildman–Crippen MR) is 143 cm³/mol. The Morgan fingerprint density at radius 1 is 0.838 bits per heavy atom. The van der Waals surface area contributed by atoms with Gasteiger partial charge in [-0.05, 0) is 28.8 Å². The molecule has 9 heteroatoms. The van der Waals surface area contributed by atoms with E-state index in [9.17, 15) is 18.0 Å². The first-order chi connectivity index (χ1) is 17.7. The van der Waals surface area contributed by atoms with Gasteiger partial charge >= 0.3 is 0 Å². The fourth-order valence-corrected chi connectivity index (χ4v) is 4.70. The Morgan fingerprint density at radius 2 is 1.38 bits per heavy atom. The van der Waals surface area contributed by atoms with E-state index in [2.05, 4.69) is 5.32 Å². The quantitative estimate of drug-likeness (QED) is 0.394. The second-order valence-electron chi connectivity index (χ2n) is 8.71. The van der Waals surface area contributed by atoms with E-state index in [-0.39, 0.29) is 25.4 Å². The molecule has 1 atom stereocenters. The van der Waals surface area contributed by atoms with Crippen LogP contribution in [-0.4, -0.2) is 62.4 Å². The number of sulfonamides is 1. The summed E-state index contributed by atoms with van der Waals surface area (Å²) >= 11 is 0. The van der Waals surface area contributed by atoms with Crippen molar-refractivity contribution in [2.75, 3.05) is 27.0 Å². The minimum Gasteiger partial charge on any atom is -0.497 e. The third-order valence-electron chi connectivity index (χ3n) is 6.01. The molecule has 8 nitrogen and oxygen atoms in total. The van der Waals surface area contributed by atoms with Crippen LogP contribution in [0.5, 0.6) is 5.75 Å². The molecule has 2 amide bonds. The molecular formula is C28H33N3O5S. The van der Waals surface area contributed by atoms with Gasteiger partial charge in [0.25, 0.3) is 0 Å². The smallest absolute Gasteiger partial charge is 0.242 e. The van der Waals surface area contributed by atoms with E-state index in [1.807, 2.05) is 60.7 Å². The van der Waals surface area contributed by atoms with E-state index in [1.165, 1.54) is 11.9 Å². The molecule has 1 unspecified atom stereocenters. The Kier molecular flexibility index (Phi) is 9.82. The van der Waals surface area contributed by atoms with Gasteiger partial charge in [0.1, 0.15) is 11.8 Å². The van der Waals surface area contributed by atoms with Gasteiger partial charge in [-0.15, -0.1) is 0 Å². The number of benzene rings is 3. The molecule has 0 fully saturated rings. The minimum absolute atomic E-state index is 0.0467. The van der Waals surface area contributed by atoms with Gasteiger partial charge in [-0.3, -0.25) is 9.59 Å². The van der Waals surface area contributed by atoms with Crippen LogP contribution in [0.3, 0.4) is 0 Å². The van der Waals surface area contributed by atoms with Gasteiger partial charge in [0.05, 0.1) is 19.9 Å². The van der Waals surface area contributed by atoms with Crippen LogP contribution < -0.4 is 10.1 Å². The average Bonchev–Trinajstić information content (AvgIpc) is 2.90. The molecule has 0 aliphatic carbocycles. The first kappa shape index (κ1) is 27.9. The number of hydrogen-bond acceptors (Lipinski definition) is 5. The standard InChI is InChI=1S/C28H33N3O5S/c1-29-28(33)26(18-22-10-6-4-7-11-22)31(20-24-14-16-25(36-2)17-15-24)27(32)21-30(37(3,34)35)19-23-12-8-5-9-13-23/h4-17,26H,18-21H2,1-3H3,(H,29,33). The average molecular weight is 524 g/mol. The Labute approximate surface area is 218 Å². The van der Waals surface area contributed by atoms with Gasteiger partial charge in [-0.1, -0.05) is 72.8 Å². The Balaban J connectivity index is 1.96. The summed E-state index contributed by atoms with van der Waals surface area (Å²) in [5.41, 5.74) is 2.42. The maximum atomic E-state index is 13.8. The summed E-state index contributed by atoms with van der Waals surface area (Å²) in [6, 6.07) is 24.8. The highest BCUT2D eigenvalue weighted by Crippen LogP contribution is 2.19. The molecule has 37 heavy (non-hydrogen) atoms. The van der Waals surface area contributed by atoms with E-state index in [0.717, 1.165) is 27.3 Å². The third kappa shape index (κ3) is 8.16. The van der Waals surface area contributed by atoms with E-state index >= 15 is 0 Å². The molecule has 196 valence electrons. The summed E-state index contributed by atoms with van der Waals surface area (Å²) in [6.07, 6.45) is 1.36. The molecular weight excluding hydrogens is 490 g/mol. The summed E-state index contributed by atoms with van der Waals surface area (Å²) in [5.74, 6) is -0.138. The molecule has 0 spiro atoms. The first-order valence-electron chi connectivity index (χ1n) is 11.9. The van der Waals surface area contributed by atoms with Crippen molar-refractivity contribution in [3.63, 3.8) is 0 Å². The second-order valence-corrected chi connectivity index (χ2v) is 10.7. The number of hydrogen-bond donors (Lipinski definition) is 1. The number of nitrogens with zero attached hydrogens (tertiary/aromatic N) is 2. The largest absolute Gasteiger partial charge is 0.497 e. The van der Waals surface area contributed by atoms with Crippen LogP contribution in [0.15, 0.2) is 84.9 Å². The van der Waals surface area contributed by atoms with Gasteiger partial charge in [0.15, 0.2) is 0 Å². The SMILES string of the molecule is CNC(=O)C(Cc1ccccc1)N(Cc1ccc(OC)cc1)C(=O)CN(Cc1ccccc1)S(C)(=O)=O. The molecule has 0 saturated carbocycles. The van der Waals surface area contributed by atoms with Crippen molar-refractivity contribution in [1.29, 1.82) is 0 Å². The summed E-state index contributed by atoms with van der Waals surface area (Å²) in [6.45, 7) is -0.228. The normalized spacial score (nSPS) is 12.1. The number of carbonyl (C=O) groups is 2. The highest BCUT2D eigenvalue weighted by molar-refractivity contribution is 7.88. The van der Waals surface area contributed by atoms with Crippen LogP contribution in [0.2, 0.25) is 0 Å². The van der Waals surface area contributed by atoms with Crippen molar-refractivity contribution < 1.29 is 22.7 Å². The van der Waals surface area contributed by atoms with Crippen molar-refractivity contribution in [3.8, 4) is 5.75 Å². The summed E-state index contributed by atoms with van der Waals surface area (Å²) in [7, 11) is -0.625. The molecule has 0 radical (unpaired) electrons. The van der Waals surface area contributed by atoms with Crippen molar-refractivity contribution in [3.05, 3.63) is 102 Å². The zero-order chi connectivity index (χ0) is 26.8. The van der Waals surface area contributed by atoms with Crippen LogP contribution in [-0.2, 0) is 39.1 Å². The molecule has 1 N–H and O–H groups in total. The molecule has 0 bridgehead atoms. The minimum atomic E-state index is -3.72. The second kappa shape index (κ2) is 13.0. The number of amides is 2.